The summed E-state index contributed by atoms with van der Waals surface area (Å²) in [5.74, 6) is -0.240. The highest BCUT2D eigenvalue weighted by molar-refractivity contribution is 7.80. The SMILES string of the molecule is Cc1cccc(NNC(=S)NCc2ccc(F)cc2)c1. The molecule has 0 saturated heterocycles. The van der Waals surface area contributed by atoms with Crippen molar-refractivity contribution in [1.82, 2.24) is 10.7 Å². The summed E-state index contributed by atoms with van der Waals surface area (Å²) in [5.41, 5.74) is 8.99. The molecule has 5 heteroatoms. The molecule has 0 bridgehead atoms. The molecular weight excluding hydrogens is 273 g/mol. The average molecular weight is 289 g/mol. The van der Waals surface area contributed by atoms with Gasteiger partial charge in [0.05, 0.1) is 5.69 Å². The summed E-state index contributed by atoms with van der Waals surface area (Å²) < 4.78 is 12.8. The van der Waals surface area contributed by atoms with Crippen molar-refractivity contribution < 1.29 is 4.39 Å². The normalized spacial score (nSPS) is 9.90. The van der Waals surface area contributed by atoms with Gasteiger partial charge in [0, 0.05) is 6.54 Å². The molecule has 0 spiro atoms. The zero-order valence-electron chi connectivity index (χ0n) is 11.1. The molecule has 2 aromatic carbocycles. The minimum absolute atomic E-state index is 0.240. The van der Waals surface area contributed by atoms with Crippen LogP contribution in [0.5, 0.6) is 0 Å². The van der Waals surface area contributed by atoms with Crippen molar-refractivity contribution >= 4 is 23.0 Å². The minimum Gasteiger partial charge on any atom is -0.357 e. The number of hydrazine groups is 1. The molecule has 104 valence electrons. The Morgan fingerprint density at radius 2 is 1.90 bits per heavy atom. The van der Waals surface area contributed by atoms with Gasteiger partial charge in [0.1, 0.15) is 5.82 Å². The maximum absolute atomic E-state index is 12.8. The second kappa shape index (κ2) is 6.86. The summed E-state index contributed by atoms with van der Waals surface area (Å²) in [5, 5.41) is 3.52. The number of benzene rings is 2. The van der Waals surface area contributed by atoms with E-state index < -0.39 is 0 Å². The van der Waals surface area contributed by atoms with Crippen LogP contribution in [0.2, 0.25) is 0 Å². The minimum atomic E-state index is -0.240. The van der Waals surface area contributed by atoms with Crippen molar-refractivity contribution in [2.75, 3.05) is 5.43 Å². The first kappa shape index (κ1) is 14.3. The molecule has 0 aliphatic rings. The van der Waals surface area contributed by atoms with E-state index in [-0.39, 0.29) is 5.82 Å². The van der Waals surface area contributed by atoms with Crippen LogP contribution in [0.25, 0.3) is 0 Å². The number of rotatable bonds is 4. The average Bonchev–Trinajstić information content (AvgIpc) is 2.45. The van der Waals surface area contributed by atoms with Gasteiger partial charge in [0.15, 0.2) is 5.11 Å². The van der Waals surface area contributed by atoms with Crippen LogP contribution in [0.1, 0.15) is 11.1 Å². The highest BCUT2D eigenvalue weighted by Crippen LogP contribution is 2.07. The second-order valence-corrected chi connectivity index (χ2v) is 4.84. The predicted octanol–water partition coefficient (Wildman–Crippen LogP) is 3.13. The molecular formula is C15H16FN3S. The third-order valence-corrected chi connectivity index (χ3v) is 2.95. The van der Waals surface area contributed by atoms with Crippen LogP contribution < -0.4 is 16.2 Å². The summed E-state index contributed by atoms with van der Waals surface area (Å²) >= 11 is 5.15. The van der Waals surface area contributed by atoms with Crippen LogP contribution in [0.3, 0.4) is 0 Å². The quantitative estimate of drug-likeness (QED) is 0.597. The molecule has 0 aromatic heterocycles. The van der Waals surface area contributed by atoms with Gasteiger partial charge in [0.2, 0.25) is 0 Å². The Bertz CT molecular complexity index is 584. The van der Waals surface area contributed by atoms with Gasteiger partial charge in [-0.05, 0) is 54.5 Å². The number of anilines is 1. The van der Waals surface area contributed by atoms with E-state index >= 15 is 0 Å². The van der Waals surface area contributed by atoms with E-state index in [9.17, 15) is 4.39 Å². The first-order valence-corrected chi connectivity index (χ1v) is 6.65. The standard InChI is InChI=1S/C15H16FN3S/c1-11-3-2-4-14(9-11)18-19-15(20)17-10-12-5-7-13(16)8-6-12/h2-9,18H,10H2,1H3,(H2,17,19,20). The highest BCUT2D eigenvalue weighted by Gasteiger charge is 1.97. The summed E-state index contributed by atoms with van der Waals surface area (Å²) in [6, 6.07) is 14.2. The van der Waals surface area contributed by atoms with Gasteiger partial charge in [0.25, 0.3) is 0 Å². The Morgan fingerprint density at radius 3 is 2.60 bits per heavy atom. The van der Waals surface area contributed by atoms with E-state index in [4.69, 9.17) is 12.2 Å². The fraction of sp³-hybridized carbons (Fsp3) is 0.133. The fourth-order valence-corrected chi connectivity index (χ4v) is 1.80. The van der Waals surface area contributed by atoms with Crippen LogP contribution >= 0.6 is 12.2 Å². The molecule has 0 aliphatic carbocycles. The van der Waals surface area contributed by atoms with E-state index in [0.29, 0.717) is 11.7 Å². The maximum atomic E-state index is 12.8. The van der Waals surface area contributed by atoms with Gasteiger partial charge >= 0.3 is 0 Å². The van der Waals surface area contributed by atoms with Crippen molar-refractivity contribution in [2.45, 2.75) is 13.5 Å². The largest absolute Gasteiger partial charge is 0.357 e. The van der Waals surface area contributed by atoms with Crippen molar-refractivity contribution in [1.29, 1.82) is 0 Å². The Kier molecular flexibility index (Phi) is 4.90. The number of thiocarbonyl (C=S) groups is 1. The van der Waals surface area contributed by atoms with Gasteiger partial charge < -0.3 is 5.32 Å². The molecule has 20 heavy (non-hydrogen) atoms. The predicted molar refractivity (Wildman–Crippen MR) is 83.8 cm³/mol. The summed E-state index contributed by atoms with van der Waals surface area (Å²) in [7, 11) is 0. The third-order valence-electron chi connectivity index (χ3n) is 2.70. The zero-order valence-corrected chi connectivity index (χ0v) is 11.9. The van der Waals surface area contributed by atoms with Gasteiger partial charge in [-0.25, -0.2) is 4.39 Å². The monoisotopic (exact) mass is 289 g/mol. The van der Waals surface area contributed by atoms with Crippen molar-refractivity contribution in [3.63, 3.8) is 0 Å². The Morgan fingerprint density at radius 1 is 1.15 bits per heavy atom. The van der Waals surface area contributed by atoms with Crippen molar-refractivity contribution in [3.05, 3.63) is 65.5 Å². The molecule has 3 N–H and O–H groups in total. The molecule has 0 saturated carbocycles. The third kappa shape index (κ3) is 4.51. The van der Waals surface area contributed by atoms with E-state index in [1.807, 2.05) is 31.2 Å². The zero-order chi connectivity index (χ0) is 14.4. The van der Waals surface area contributed by atoms with E-state index in [0.717, 1.165) is 11.3 Å². The molecule has 0 aliphatic heterocycles. The van der Waals surface area contributed by atoms with Crippen molar-refractivity contribution in [3.8, 4) is 0 Å². The molecule has 2 rings (SSSR count). The first-order valence-electron chi connectivity index (χ1n) is 6.24. The number of hydrogen-bond acceptors (Lipinski definition) is 2. The van der Waals surface area contributed by atoms with Crippen molar-refractivity contribution in [2.24, 2.45) is 0 Å². The summed E-state index contributed by atoms with van der Waals surface area (Å²) in [6.07, 6.45) is 0. The van der Waals surface area contributed by atoms with Gasteiger partial charge in [-0.2, -0.15) is 0 Å². The topological polar surface area (TPSA) is 36.1 Å². The van der Waals surface area contributed by atoms with E-state index in [1.54, 1.807) is 12.1 Å². The molecule has 0 radical (unpaired) electrons. The van der Waals surface area contributed by atoms with Crippen LogP contribution in [-0.2, 0) is 6.54 Å². The molecule has 0 amide bonds. The highest BCUT2D eigenvalue weighted by atomic mass is 32.1. The maximum Gasteiger partial charge on any atom is 0.185 e. The molecule has 0 heterocycles. The van der Waals surface area contributed by atoms with Gasteiger partial charge in [-0.1, -0.05) is 24.3 Å². The number of nitrogens with one attached hydrogen (secondary N) is 3. The lowest BCUT2D eigenvalue weighted by Crippen LogP contribution is -2.38. The van der Waals surface area contributed by atoms with Crippen LogP contribution in [-0.4, -0.2) is 5.11 Å². The van der Waals surface area contributed by atoms with Gasteiger partial charge in [-0.3, -0.25) is 10.9 Å². The number of aryl methyl sites for hydroxylation is 1. The smallest absolute Gasteiger partial charge is 0.185 e. The van der Waals surface area contributed by atoms with Crippen LogP contribution in [0.4, 0.5) is 10.1 Å². The van der Waals surface area contributed by atoms with Gasteiger partial charge in [-0.15, -0.1) is 0 Å². The van der Waals surface area contributed by atoms with Crippen LogP contribution in [0.15, 0.2) is 48.5 Å². The number of halogens is 1. The van der Waals surface area contributed by atoms with Crippen LogP contribution in [0, 0.1) is 12.7 Å². The molecule has 0 atom stereocenters. The fourth-order valence-electron chi connectivity index (χ4n) is 1.68. The van der Waals surface area contributed by atoms with E-state index in [2.05, 4.69) is 16.2 Å². The molecule has 3 nitrogen and oxygen atoms in total. The Hall–Kier alpha value is -2.14. The molecule has 2 aromatic rings. The lowest BCUT2D eigenvalue weighted by Gasteiger charge is -2.12. The lowest BCUT2D eigenvalue weighted by molar-refractivity contribution is 0.626. The number of hydrogen-bond donors (Lipinski definition) is 3. The summed E-state index contributed by atoms with van der Waals surface area (Å²) in [6.45, 7) is 2.57. The van der Waals surface area contributed by atoms with E-state index in [1.165, 1.54) is 17.7 Å². The Balaban J connectivity index is 1.77. The Labute approximate surface area is 123 Å². The molecule has 0 unspecified atom stereocenters. The molecule has 0 fully saturated rings. The first-order chi connectivity index (χ1) is 9.63. The lowest BCUT2D eigenvalue weighted by atomic mass is 10.2. The second-order valence-electron chi connectivity index (χ2n) is 4.43. The summed E-state index contributed by atoms with van der Waals surface area (Å²) in [4.78, 5) is 0.